The number of carbonyl (C=O) groups is 2. The van der Waals surface area contributed by atoms with Crippen molar-refractivity contribution in [2.75, 3.05) is 19.5 Å². The molecule has 3 rings (SSSR count). The van der Waals surface area contributed by atoms with Crippen LogP contribution in [-0.4, -0.2) is 25.9 Å². The number of carbonyl (C=O) groups excluding carboxylic acids is 2. The van der Waals surface area contributed by atoms with Gasteiger partial charge in [0.15, 0.2) is 17.3 Å². The van der Waals surface area contributed by atoms with Crippen LogP contribution in [0, 0.1) is 0 Å². The average Bonchev–Trinajstić information content (AvgIpc) is 2.74. The van der Waals surface area contributed by atoms with Gasteiger partial charge in [-0.1, -0.05) is 52.3 Å². The highest BCUT2D eigenvalue weighted by Gasteiger charge is 2.20. The summed E-state index contributed by atoms with van der Waals surface area (Å²) in [5, 5.41) is 2.81. The van der Waals surface area contributed by atoms with Gasteiger partial charge in [0, 0.05) is 15.6 Å². The van der Waals surface area contributed by atoms with Crippen molar-refractivity contribution in [1.82, 2.24) is 0 Å². The number of benzene rings is 3. The number of methoxy groups -OCH3 is 2. The summed E-state index contributed by atoms with van der Waals surface area (Å²) in [5.74, 6) is 0.192. The third-order valence-electron chi connectivity index (χ3n) is 4.16. The number of hydrogen-bond acceptors (Lipinski definition) is 4. The molecule has 3 aromatic carbocycles. The van der Waals surface area contributed by atoms with Gasteiger partial charge in [-0.05, 0) is 30.3 Å². The summed E-state index contributed by atoms with van der Waals surface area (Å²) in [5.41, 5.74) is 1.64. The Kier molecular flexibility index (Phi) is 6.11. The Labute approximate surface area is 171 Å². The smallest absolute Gasteiger partial charge is 0.259 e. The van der Waals surface area contributed by atoms with E-state index in [0.717, 1.165) is 4.47 Å². The van der Waals surface area contributed by atoms with E-state index in [4.69, 9.17) is 9.47 Å². The Hall–Kier alpha value is -3.12. The average molecular weight is 440 g/mol. The summed E-state index contributed by atoms with van der Waals surface area (Å²) in [6, 6.07) is 19.1. The summed E-state index contributed by atoms with van der Waals surface area (Å²) in [7, 11) is 2.98. The van der Waals surface area contributed by atoms with Crippen LogP contribution in [0.25, 0.3) is 0 Å². The van der Waals surface area contributed by atoms with Gasteiger partial charge in [0.25, 0.3) is 5.91 Å². The van der Waals surface area contributed by atoms with E-state index in [-0.39, 0.29) is 5.78 Å². The molecule has 3 aromatic rings. The predicted molar refractivity (Wildman–Crippen MR) is 112 cm³/mol. The molecule has 1 N–H and O–H groups in total. The minimum atomic E-state index is -0.403. The largest absolute Gasteiger partial charge is 0.493 e. The van der Waals surface area contributed by atoms with Gasteiger partial charge in [0.2, 0.25) is 0 Å². The Bertz CT molecular complexity index is 1020. The van der Waals surface area contributed by atoms with Crippen LogP contribution in [0.4, 0.5) is 5.69 Å². The summed E-state index contributed by atoms with van der Waals surface area (Å²) in [6.07, 6.45) is 0. The molecule has 0 aromatic heterocycles. The van der Waals surface area contributed by atoms with Crippen molar-refractivity contribution in [2.45, 2.75) is 0 Å². The number of anilines is 1. The number of para-hydroxylation sites is 1. The number of ether oxygens (including phenoxy) is 2. The number of ketones is 1. The number of nitrogens with one attached hydrogen (secondary N) is 1. The van der Waals surface area contributed by atoms with Crippen molar-refractivity contribution in [3.05, 3.63) is 87.9 Å². The van der Waals surface area contributed by atoms with Gasteiger partial charge in [-0.25, -0.2) is 0 Å². The van der Waals surface area contributed by atoms with Crippen LogP contribution in [0.5, 0.6) is 11.5 Å². The molecule has 6 heteroatoms. The number of hydrogen-bond donors (Lipinski definition) is 1. The Morgan fingerprint density at radius 3 is 2.29 bits per heavy atom. The first-order valence-corrected chi connectivity index (χ1v) is 9.26. The molecule has 0 saturated carbocycles. The van der Waals surface area contributed by atoms with E-state index in [1.807, 2.05) is 6.07 Å². The lowest BCUT2D eigenvalue weighted by atomic mass is 10.0. The van der Waals surface area contributed by atoms with E-state index >= 15 is 0 Å². The summed E-state index contributed by atoms with van der Waals surface area (Å²) >= 11 is 3.39. The van der Waals surface area contributed by atoms with Gasteiger partial charge in [0.1, 0.15) is 0 Å². The fourth-order valence-corrected chi connectivity index (χ4v) is 3.18. The van der Waals surface area contributed by atoms with E-state index in [1.54, 1.807) is 60.7 Å². The highest BCUT2D eigenvalue weighted by atomic mass is 79.9. The van der Waals surface area contributed by atoms with Crippen molar-refractivity contribution in [1.29, 1.82) is 0 Å². The maximum Gasteiger partial charge on any atom is 0.259 e. The first kappa shape index (κ1) is 19.6. The van der Waals surface area contributed by atoms with E-state index in [9.17, 15) is 9.59 Å². The molecule has 142 valence electrons. The molecule has 5 nitrogen and oxygen atoms in total. The molecule has 0 radical (unpaired) electrons. The van der Waals surface area contributed by atoms with Crippen molar-refractivity contribution in [3.63, 3.8) is 0 Å². The van der Waals surface area contributed by atoms with Crippen LogP contribution in [-0.2, 0) is 0 Å². The maximum absolute atomic E-state index is 12.9. The highest BCUT2D eigenvalue weighted by Crippen LogP contribution is 2.32. The Morgan fingerprint density at radius 1 is 0.857 bits per heavy atom. The molecule has 28 heavy (non-hydrogen) atoms. The minimum absolute atomic E-state index is 0.185. The number of halogens is 1. The zero-order valence-electron chi connectivity index (χ0n) is 15.4. The zero-order chi connectivity index (χ0) is 20.1. The SMILES string of the molecule is COc1cccc(C(=O)Nc2ccc(Br)cc2C(=O)c2ccccc2)c1OC. The topological polar surface area (TPSA) is 64.6 Å². The van der Waals surface area contributed by atoms with Crippen molar-refractivity contribution in [3.8, 4) is 11.5 Å². The van der Waals surface area contributed by atoms with Crippen LogP contribution in [0.3, 0.4) is 0 Å². The Morgan fingerprint density at radius 2 is 1.61 bits per heavy atom. The Balaban J connectivity index is 1.98. The monoisotopic (exact) mass is 439 g/mol. The van der Waals surface area contributed by atoms with Gasteiger partial charge < -0.3 is 14.8 Å². The van der Waals surface area contributed by atoms with E-state index < -0.39 is 5.91 Å². The lowest BCUT2D eigenvalue weighted by molar-refractivity contribution is 0.102. The quantitative estimate of drug-likeness (QED) is 0.551. The van der Waals surface area contributed by atoms with E-state index in [2.05, 4.69) is 21.2 Å². The molecule has 0 bridgehead atoms. The van der Waals surface area contributed by atoms with Crippen LogP contribution >= 0.6 is 15.9 Å². The predicted octanol–water partition coefficient (Wildman–Crippen LogP) is 4.95. The zero-order valence-corrected chi connectivity index (χ0v) is 16.9. The van der Waals surface area contributed by atoms with Crippen molar-refractivity contribution in [2.24, 2.45) is 0 Å². The second kappa shape index (κ2) is 8.71. The van der Waals surface area contributed by atoms with E-state index in [0.29, 0.717) is 33.9 Å². The standard InChI is InChI=1S/C22H18BrNO4/c1-27-19-10-6-9-16(21(19)28-2)22(26)24-18-12-11-15(23)13-17(18)20(25)14-7-4-3-5-8-14/h3-13H,1-2H3,(H,24,26). The third kappa shape index (κ3) is 4.07. The van der Waals surface area contributed by atoms with Crippen LogP contribution in [0.15, 0.2) is 71.2 Å². The molecular formula is C22H18BrNO4. The normalized spacial score (nSPS) is 10.2. The molecule has 0 unspecified atom stereocenters. The third-order valence-corrected chi connectivity index (χ3v) is 4.65. The number of rotatable bonds is 6. The molecule has 1 amide bonds. The van der Waals surface area contributed by atoms with Crippen molar-refractivity contribution >= 4 is 33.3 Å². The van der Waals surface area contributed by atoms with Gasteiger partial charge in [-0.15, -0.1) is 0 Å². The first-order valence-electron chi connectivity index (χ1n) is 8.46. The molecule has 0 heterocycles. The minimum Gasteiger partial charge on any atom is -0.493 e. The summed E-state index contributed by atoms with van der Waals surface area (Å²) < 4.78 is 11.3. The molecule has 0 aliphatic rings. The lowest BCUT2D eigenvalue weighted by Gasteiger charge is -2.14. The fourth-order valence-electron chi connectivity index (χ4n) is 2.81. The first-order chi connectivity index (χ1) is 13.5. The molecule has 0 atom stereocenters. The molecule has 0 aliphatic heterocycles. The van der Waals surface area contributed by atoms with E-state index in [1.165, 1.54) is 14.2 Å². The summed E-state index contributed by atoms with van der Waals surface area (Å²) in [6.45, 7) is 0. The van der Waals surface area contributed by atoms with Crippen molar-refractivity contribution < 1.29 is 19.1 Å². The van der Waals surface area contributed by atoms with Crippen LogP contribution in [0.2, 0.25) is 0 Å². The molecule has 0 saturated heterocycles. The summed E-state index contributed by atoms with van der Waals surface area (Å²) in [4.78, 5) is 25.8. The maximum atomic E-state index is 12.9. The molecule has 0 spiro atoms. The second-order valence-corrected chi connectivity index (χ2v) is 6.80. The van der Waals surface area contributed by atoms with Gasteiger partial charge in [0.05, 0.1) is 25.5 Å². The van der Waals surface area contributed by atoms with Crippen LogP contribution in [0.1, 0.15) is 26.3 Å². The molecular weight excluding hydrogens is 422 g/mol. The number of amides is 1. The fraction of sp³-hybridized carbons (Fsp3) is 0.0909. The lowest BCUT2D eigenvalue weighted by Crippen LogP contribution is -2.16. The second-order valence-electron chi connectivity index (χ2n) is 5.88. The highest BCUT2D eigenvalue weighted by molar-refractivity contribution is 9.10. The molecule has 0 fully saturated rings. The van der Waals surface area contributed by atoms with Crippen LogP contribution < -0.4 is 14.8 Å². The van der Waals surface area contributed by atoms with Gasteiger partial charge in [-0.2, -0.15) is 0 Å². The van der Waals surface area contributed by atoms with Gasteiger partial charge in [-0.3, -0.25) is 9.59 Å². The molecule has 0 aliphatic carbocycles. The van der Waals surface area contributed by atoms with Gasteiger partial charge >= 0.3 is 0 Å².